The van der Waals surface area contributed by atoms with Gasteiger partial charge < -0.3 is 20.9 Å². The van der Waals surface area contributed by atoms with Gasteiger partial charge in [-0.3, -0.25) is 14.4 Å². The highest BCUT2D eigenvalue weighted by Gasteiger charge is 2.15. The van der Waals surface area contributed by atoms with Crippen LogP contribution in [0.2, 0.25) is 0 Å². The number of amides is 3. The average Bonchev–Trinajstić information content (AvgIpc) is 2.92. The van der Waals surface area contributed by atoms with E-state index in [0.29, 0.717) is 42.9 Å². The minimum Gasteiger partial charge on any atom is -0.376 e. The number of hydrogen-bond donors (Lipinski definition) is 3. The second-order valence-corrected chi connectivity index (χ2v) is 8.89. The van der Waals surface area contributed by atoms with E-state index in [4.69, 9.17) is 0 Å². The van der Waals surface area contributed by atoms with E-state index in [0.717, 1.165) is 24.1 Å². The van der Waals surface area contributed by atoms with Gasteiger partial charge in [-0.1, -0.05) is 50.2 Å². The monoisotopic (exact) mass is 500 g/mol. The molecular weight excluding hydrogens is 464 g/mol. The van der Waals surface area contributed by atoms with Crippen molar-refractivity contribution in [3.8, 4) is 0 Å². The lowest BCUT2D eigenvalue weighted by Crippen LogP contribution is -2.32. The SMILES string of the molecule is CCCN(CCC)C(=O)c1cccc(NC(=O)CNc2ccc(NC(=O)CCc3ccccc3)cc2)c1. The minimum absolute atomic E-state index is 0.0230. The van der Waals surface area contributed by atoms with Crippen LogP contribution in [-0.4, -0.2) is 42.3 Å². The quantitative estimate of drug-likeness (QED) is 0.286. The number of benzene rings is 3. The second-order valence-electron chi connectivity index (χ2n) is 8.89. The van der Waals surface area contributed by atoms with Gasteiger partial charge in [0.15, 0.2) is 0 Å². The molecule has 0 heterocycles. The standard InChI is InChI=1S/C30H36N4O3/c1-3-19-34(20-4-2)30(37)24-11-8-12-27(21-24)33-29(36)22-31-25-14-16-26(17-15-25)32-28(35)18-13-23-9-6-5-7-10-23/h5-12,14-17,21,31H,3-4,13,18-20,22H2,1-2H3,(H,32,35)(H,33,36). The van der Waals surface area contributed by atoms with Crippen LogP contribution in [0.25, 0.3) is 0 Å². The van der Waals surface area contributed by atoms with Crippen LogP contribution in [0, 0.1) is 0 Å². The predicted octanol–water partition coefficient (Wildman–Crippen LogP) is 5.57. The van der Waals surface area contributed by atoms with Gasteiger partial charge in [-0.25, -0.2) is 0 Å². The fourth-order valence-corrected chi connectivity index (χ4v) is 3.95. The third-order valence-corrected chi connectivity index (χ3v) is 5.77. The van der Waals surface area contributed by atoms with Crippen LogP contribution in [0.15, 0.2) is 78.9 Å². The zero-order valence-electron chi connectivity index (χ0n) is 21.6. The Kier molecular flexibility index (Phi) is 10.7. The molecule has 7 nitrogen and oxygen atoms in total. The number of nitrogens with zero attached hydrogens (tertiary/aromatic N) is 1. The summed E-state index contributed by atoms with van der Waals surface area (Å²) in [5.41, 5.74) is 3.74. The first-order valence-electron chi connectivity index (χ1n) is 12.9. The summed E-state index contributed by atoms with van der Waals surface area (Å²) in [5, 5.41) is 8.83. The minimum atomic E-state index is -0.220. The van der Waals surface area contributed by atoms with Crippen LogP contribution in [-0.2, 0) is 16.0 Å². The third-order valence-electron chi connectivity index (χ3n) is 5.77. The summed E-state index contributed by atoms with van der Waals surface area (Å²) in [7, 11) is 0. The largest absolute Gasteiger partial charge is 0.376 e. The van der Waals surface area contributed by atoms with Crippen molar-refractivity contribution in [3.63, 3.8) is 0 Å². The number of carbonyl (C=O) groups is 3. The van der Waals surface area contributed by atoms with E-state index in [1.165, 1.54) is 0 Å². The summed E-state index contributed by atoms with van der Waals surface area (Å²) in [6.45, 7) is 5.60. The summed E-state index contributed by atoms with van der Waals surface area (Å²) >= 11 is 0. The Bertz CT molecular complexity index is 1160. The van der Waals surface area contributed by atoms with Gasteiger partial charge in [-0.05, 0) is 67.3 Å². The van der Waals surface area contributed by atoms with Crippen molar-refractivity contribution in [2.45, 2.75) is 39.5 Å². The van der Waals surface area contributed by atoms with Crippen molar-refractivity contribution in [3.05, 3.63) is 90.0 Å². The van der Waals surface area contributed by atoms with Crippen LogP contribution in [0.1, 0.15) is 49.0 Å². The van der Waals surface area contributed by atoms with E-state index in [2.05, 4.69) is 29.8 Å². The number of rotatable bonds is 13. The Balaban J connectivity index is 1.46. The Hall–Kier alpha value is -4.13. The molecular formula is C30H36N4O3. The van der Waals surface area contributed by atoms with Gasteiger partial charge in [0, 0.05) is 42.1 Å². The Morgan fingerprint density at radius 1 is 0.703 bits per heavy atom. The van der Waals surface area contributed by atoms with Crippen LogP contribution < -0.4 is 16.0 Å². The third kappa shape index (κ3) is 9.11. The van der Waals surface area contributed by atoms with E-state index in [1.54, 1.807) is 36.4 Å². The van der Waals surface area contributed by atoms with E-state index >= 15 is 0 Å². The second kappa shape index (κ2) is 14.4. The van der Waals surface area contributed by atoms with Crippen molar-refractivity contribution in [1.82, 2.24) is 4.90 Å². The number of aryl methyl sites for hydroxylation is 1. The van der Waals surface area contributed by atoms with Gasteiger partial charge in [0.2, 0.25) is 11.8 Å². The smallest absolute Gasteiger partial charge is 0.253 e. The van der Waals surface area contributed by atoms with E-state index in [9.17, 15) is 14.4 Å². The van der Waals surface area contributed by atoms with Crippen molar-refractivity contribution in [1.29, 1.82) is 0 Å². The molecule has 0 fully saturated rings. The van der Waals surface area contributed by atoms with Gasteiger partial charge in [-0.15, -0.1) is 0 Å². The summed E-state index contributed by atoms with van der Waals surface area (Å²) in [6, 6.07) is 24.2. The fourth-order valence-electron chi connectivity index (χ4n) is 3.95. The molecule has 194 valence electrons. The van der Waals surface area contributed by atoms with E-state index in [1.807, 2.05) is 47.4 Å². The summed E-state index contributed by atoms with van der Waals surface area (Å²) < 4.78 is 0. The van der Waals surface area contributed by atoms with Gasteiger partial charge in [0.05, 0.1) is 6.54 Å². The van der Waals surface area contributed by atoms with Gasteiger partial charge in [0.1, 0.15) is 0 Å². The highest BCUT2D eigenvalue weighted by Crippen LogP contribution is 2.16. The molecule has 0 spiro atoms. The molecule has 3 rings (SSSR count). The first-order chi connectivity index (χ1) is 18.0. The lowest BCUT2D eigenvalue weighted by Gasteiger charge is -2.21. The molecule has 7 heteroatoms. The molecule has 0 unspecified atom stereocenters. The molecule has 0 saturated heterocycles. The molecule has 3 N–H and O–H groups in total. The molecule has 37 heavy (non-hydrogen) atoms. The van der Waals surface area contributed by atoms with Crippen molar-refractivity contribution < 1.29 is 14.4 Å². The zero-order valence-corrected chi connectivity index (χ0v) is 21.6. The molecule has 0 aliphatic heterocycles. The maximum absolute atomic E-state index is 12.8. The topological polar surface area (TPSA) is 90.5 Å². The Morgan fingerprint density at radius 2 is 1.35 bits per heavy atom. The molecule has 3 amide bonds. The van der Waals surface area contributed by atoms with Gasteiger partial charge in [-0.2, -0.15) is 0 Å². The maximum atomic E-state index is 12.8. The first kappa shape index (κ1) is 27.5. The van der Waals surface area contributed by atoms with Crippen LogP contribution in [0.5, 0.6) is 0 Å². The number of hydrogen-bond acceptors (Lipinski definition) is 4. The molecule has 3 aromatic carbocycles. The highest BCUT2D eigenvalue weighted by atomic mass is 16.2. The van der Waals surface area contributed by atoms with E-state index < -0.39 is 0 Å². The van der Waals surface area contributed by atoms with Crippen LogP contribution in [0.3, 0.4) is 0 Å². The van der Waals surface area contributed by atoms with Crippen molar-refractivity contribution >= 4 is 34.8 Å². The van der Waals surface area contributed by atoms with Crippen LogP contribution >= 0.6 is 0 Å². The number of nitrogens with one attached hydrogen (secondary N) is 3. The van der Waals surface area contributed by atoms with Gasteiger partial charge >= 0.3 is 0 Å². The lowest BCUT2D eigenvalue weighted by atomic mass is 10.1. The number of carbonyl (C=O) groups excluding carboxylic acids is 3. The normalized spacial score (nSPS) is 10.4. The first-order valence-corrected chi connectivity index (χ1v) is 12.9. The number of anilines is 3. The predicted molar refractivity (Wildman–Crippen MR) is 150 cm³/mol. The summed E-state index contributed by atoms with van der Waals surface area (Å²) in [5.74, 6) is -0.288. The highest BCUT2D eigenvalue weighted by molar-refractivity contribution is 5.98. The average molecular weight is 501 g/mol. The molecule has 3 aromatic rings. The zero-order chi connectivity index (χ0) is 26.5. The van der Waals surface area contributed by atoms with E-state index in [-0.39, 0.29) is 24.3 Å². The molecule has 0 aromatic heterocycles. The van der Waals surface area contributed by atoms with Crippen molar-refractivity contribution in [2.75, 3.05) is 35.6 Å². The summed E-state index contributed by atoms with van der Waals surface area (Å²) in [4.78, 5) is 39.4. The Labute approximate surface area is 219 Å². The summed E-state index contributed by atoms with van der Waals surface area (Å²) in [6.07, 6.45) is 2.89. The van der Waals surface area contributed by atoms with Gasteiger partial charge in [0.25, 0.3) is 5.91 Å². The molecule has 0 saturated carbocycles. The molecule has 0 radical (unpaired) electrons. The lowest BCUT2D eigenvalue weighted by molar-refractivity contribution is -0.116. The van der Waals surface area contributed by atoms with Crippen LogP contribution in [0.4, 0.5) is 17.1 Å². The maximum Gasteiger partial charge on any atom is 0.253 e. The Morgan fingerprint density at radius 3 is 2.03 bits per heavy atom. The molecule has 0 atom stereocenters. The molecule has 0 bridgehead atoms. The fraction of sp³-hybridized carbons (Fsp3) is 0.300. The van der Waals surface area contributed by atoms with Crippen molar-refractivity contribution in [2.24, 2.45) is 0 Å². The molecule has 0 aliphatic rings. The molecule has 0 aliphatic carbocycles.